The minimum absolute atomic E-state index is 0.144. The van der Waals surface area contributed by atoms with Crippen molar-refractivity contribution in [2.24, 2.45) is 0 Å². The van der Waals surface area contributed by atoms with E-state index in [9.17, 15) is 4.79 Å². The Morgan fingerprint density at radius 2 is 1.96 bits per heavy atom. The van der Waals surface area contributed by atoms with Gasteiger partial charge in [-0.1, -0.05) is 31.0 Å². The van der Waals surface area contributed by atoms with Crippen LogP contribution in [0, 0.1) is 0 Å². The first-order chi connectivity index (χ1) is 12.7. The number of hydrogen-bond donors (Lipinski definition) is 2. The molecule has 0 spiro atoms. The minimum atomic E-state index is 0.144. The lowest BCUT2D eigenvalue weighted by molar-refractivity contribution is -0.121. The number of anilines is 1. The Balaban J connectivity index is 1.36. The van der Waals surface area contributed by atoms with E-state index in [-0.39, 0.29) is 5.91 Å². The fraction of sp³-hybridized carbons (Fsp3) is 0.632. The van der Waals surface area contributed by atoms with E-state index < -0.39 is 0 Å². The molecule has 0 radical (unpaired) electrons. The molecule has 0 bridgehead atoms. The molecule has 1 amide bonds. The van der Waals surface area contributed by atoms with Crippen LogP contribution in [-0.4, -0.2) is 27.7 Å². The summed E-state index contributed by atoms with van der Waals surface area (Å²) in [6, 6.07) is 0.377. The number of aryl methyl sites for hydroxylation is 2. The second-order valence-electron chi connectivity index (χ2n) is 7.28. The van der Waals surface area contributed by atoms with Gasteiger partial charge in [0.05, 0.1) is 5.39 Å². The molecular weight excluding hydrogens is 364 g/mol. The van der Waals surface area contributed by atoms with Crippen LogP contribution in [-0.2, 0) is 17.6 Å². The molecule has 2 aromatic rings. The van der Waals surface area contributed by atoms with Crippen molar-refractivity contribution in [1.82, 2.24) is 15.3 Å². The summed E-state index contributed by atoms with van der Waals surface area (Å²) in [5, 5.41) is 4.93. The van der Waals surface area contributed by atoms with Crippen LogP contribution >= 0.6 is 23.1 Å². The van der Waals surface area contributed by atoms with Gasteiger partial charge in [-0.3, -0.25) is 4.79 Å². The lowest BCUT2D eigenvalue weighted by Crippen LogP contribution is -2.36. The van der Waals surface area contributed by atoms with Crippen LogP contribution in [0.4, 0.5) is 5.82 Å². The number of rotatable bonds is 5. The molecule has 0 aromatic carbocycles. The summed E-state index contributed by atoms with van der Waals surface area (Å²) in [6.07, 6.45) is 11.2. The number of nitrogen functional groups attached to an aromatic ring is 1. The summed E-state index contributed by atoms with van der Waals surface area (Å²) in [5.74, 6) is 1.43. The highest BCUT2D eigenvalue weighted by Gasteiger charge is 2.20. The summed E-state index contributed by atoms with van der Waals surface area (Å²) >= 11 is 3.30. The van der Waals surface area contributed by atoms with Gasteiger partial charge in [0, 0.05) is 23.1 Å². The molecule has 4 rings (SSSR count). The Hall–Kier alpha value is -1.34. The van der Waals surface area contributed by atoms with Crippen LogP contribution in [0.15, 0.2) is 5.16 Å². The first-order valence-corrected chi connectivity index (χ1v) is 11.5. The molecule has 5 nitrogen and oxygen atoms in total. The second kappa shape index (κ2) is 8.13. The smallest absolute Gasteiger partial charge is 0.221 e. The number of nitrogens with two attached hydrogens (primary N) is 1. The molecule has 2 aliphatic rings. The van der Waals surface area contributed by atoms with Gasteiger partial charge in [-0.25, -0.2) is 9.97 Å². The molecule has 3 N–H and O–H groups in total. The molecule has 2 aromatic heterocycles. The van der Waals surface area contributed by atoms with Gasteiger partial charge in [0.2, 0.25) is 5.91 Å². The highest BCUT2D eigenvalue weighted by atomic mass is 32.2. The number of thiophene rings is 1. The van der Waals surface area contributed by atoms with E-state index in [1.807, 2.05) is 0 Å². The van der Waals surface area contributed by atoms with Gasteiger partial charge >= 0.3 is 0 Å². The van der Waals surface area contributed by atoms with E-state index in [0.717, 1.165) is 35.9 Å². The van der Waals surface area contributed by atoms with Crippen molar-refractivity contribution < 1.29 is 4.79 Å². The molecule has 1 saturated carbocycles. The standard InChI is InChI=1S/C19H26N4OS2/c20-17-16-13-8-4-5-9-14(13)26-18(16)23-19(22-17)25-11-10-15(24)21-12-6-2-1-3-7-12/h12H,1-11H2,(H,21,24)(H2,20,22,23). The minimum Gasteiger partial charge on any atom is -0.383 e. The topological polar surface area (TPSA) is 80.9 Å². The highest BCUT2D eigenvalue weighted by molar-refractivity contribution is 7.99. The molecule has 0 atom stereocenters. The Labute approximate surface area is 162 Å². The van der Waals surface area contributed by atoms with Crippen molar-refractivity contribution >= 4 is 45.0 Å². The molecule has 0 unspecified atom stereocenters. The molecular formula is C19H26N4OS2. The molecule has 140 valence electrons. The van der Waals surface area contributed by atoms with Crippen molar-refractivity contribution in [2.45, 2.75) is 75.4 Å². The Bertz CT molecular complexity index is 798. The Morgan fingerprint density at radius 1 is 1.15 bits per heavy atom. The number of hydrogen-bond acceptors (Lipinski definition) is 6. The van der Waals surface area contributed by atoms with Crippen LogP contribution < -0.4 is 11.1 Å². The van der Waals surface area contributed by atoms with E-state index >= 15 is 0 Å². The zero-order valence-electron chi connectivity index (χ0n) is 15.1. The number of amides is 1. The Morgan fingerprint density at radius 3 is 2.81 bits per heavy atom. The maximum Gasteiger partial charge on any atom is 0.221 e. The third-order valence-electron chi connectivity index (χ3n) is 5.35. The average Bonchev–Trinajstić information content (AvgIpc) is 3.01. The fourth-order valence-corrected chi connectivity index (χ4v) is 6.13. The largest absolute Gasteiger partial charge is 0.383 e. The first kappa shape index (κ1) is 18.0. The Kier molecular flexibility index (Phi) is 5.64. The molecule has 2 aliphatic carbocycles. The number of aromatic nitrogens is 2. The van der Waals surface area contributed by atoms with Gasteiger partial charge in [0.1, 0.15) is 10.6 Å². The monoisotopic (exact) mass is 390 g/mol. The number of thioether (sulfide) groups is 1. The molecule has 1 fully saturated rings. The molecule has 26 heavy (non-hydrogen) atoms. The molecule has 0 aliphatic heterocycles. The number of carbonyl (C=O) groups excluding carboxylic acids is 1. The normalized spacial score (nSPS) is 18.0. The van der Waals surface area contributed by atoms with Gasteiger partial charge in [0.25, 0.3) is 0 Å². The lowest BCUT2D eigenvalue weighted by Gasteiger charge is -2.22. The van der Waals surface area contributed by atoms with Crippen LogP contribution in [0.1, 0.15) is 61.8 Å². The molecule has 0 saturated heterocycles. The van der Waals surface area contributed by atoms with Crippen molar-refractivity contribution in [3.05, 3.63) is 10.4 Å². The zero-order valence-corrected chi connectivity index (χ0v) is 16.7. The van der Waals surface area contributed by atoms with Crippen LogP contribution in [0.2, 0.25) is 0 Å². The predicted octanol–water partition coefficient (Wildman–Crippen LogP) is 4.08. The molecule has 2 heterocycles. The van der Waals surface area contributed by atoms with E-state index in [2.05, 4.69) is 10.3 Å². The highest BCUT2D eigenvalue weighted by Crippen LogP contribution is 2.38. The van der Waals surface area contributed by atoms with Gasteiger partial charge in [-0.05, 0) is 44.1 Å². The third-order valence-corrected chi connectivity index (χ3v) is 7.39. The molecule has 7 heteroatoms. The van der Waals surface area contributed by atoms with Crippen LogP contribution in [0.25, 0.3) is 10.2 Å². The van der Waals surface area contributed by atoms with Gasteiger partial charge < -0.3 is 11.1 Å². The van der Waals surface area contributed by atoms with Crippen molar-refractivity contribution in [1.29, 1.82) is 0 Å². The second-order valence-corrected chi connectivity index (χ2v) is 9.43. The fourth-order valence-electron chi connectivity index (χ4n) is 4.01. The summed E-state index contributed by atoms with van der Waals surface area (Å²) < 4.78 is 0. The predicted molar refractivity (Wildman–Crippen MR) is 109 cm³/mol. The maximum absolute atomic E-state index is 12.1. The van der Waals surface area contributed by atoms with Gasteiger partial charge in [-0.2, -0.15) is 0 Å². The lowest BCUT2D eigenvalue weighted by atomic mass is 9.95. The number of fused-ring (bicyclic) bond motifs is 3. The first-order valence-electron chi connectivity index (χ1n) is 9.70. The van der Waals surface area contributed by atoms with E-state index in [4.69, 9.17) is 10.7 Å². The van der Waals surface area contributed by atoms with E-state index in [0.29, 0.717) is 29.2 Å². The number of nitrogens with one attached hydrogen (secondary N) is 1. The van der Waals surface area contributed by atoms with E-state index in [1.54, 1.807) is 11.3 Å². The number of nitrogens with zero attached hydrogens (tertiary/aromatic N) is 2. The average molecular weight is 391 g/mol. The van der Waals surface area contributed by atoms with E-state index in [1.165, 1.54) is 54.3 Å². The summed E-state index contributed by atoms with van der Waals surface area (Å²) in [6.45, 7) is 0. The van der Waals surface area contributed by atoms with Crippen LogP contribution in [0.3, 0.4) is 0 Å². The van der Waals surface area contributed by atoms with Gasteiger partial charge in [0.15, 0.2) is 5.16 Å². The maximum atomic E-state index is 12.1. The SMILES string of the molecule is Nc1nc(SCCC(=O)NC2CCCCC2)nc2sc3c(c12)CCCC3. The number of carbonyl (C=O) groups is 1. The van der Waals surface area contributed by atoms with Crippen molar-refractivity contribution in [3.63, 3.8) is 0 Å². The summed E-state index contributed by atoms with van der Waals surface area (Å²) in [7, 11) is 0. The summed E-state index contributed by atoms with van der Waals surface area (Å²) in [5.41, 5.74) is 7.62. The zero-order chi connectivity index (χ0) is 17.9. The third kappa shape index (κ3) is 3.98. The quantitative estimate of drug-likeness (QED) is 0.594. The van der Waals surface area contributed by atoms with Crippen LogP contribution in [0.5, 0.6) is 0 Å². The van der Waals surface area contributed by atoms with Crippen molar-refractivity contribution in [2.75, 3.05) is 11.5 Å². The van der Waals surface area contributed by atoms with Crippen molar-refractivity contribution in [3.8, 4) is 0 Å². The summed E-state index contributed by atoms with van der Waals surface area (Å²) in [4.78, 5) is 23.8. The van der Waals surface area contributed by atoms with Gasteiger partial charge in [-0.15, -0.1) is 11.3 Å².